The Morgan fingerprint density at radius 3 is 2.66 bits per heavy atom. The van der Waals surface area contributed by atoms with Crippen LogP contribution in [0.1, 0.15) is 108 Å². The molecule has 5 atom stereocenters. The van der Waals surface area contributed by atoms with E-state index in [9.17, 15) is 14.7 Å². The Bertz CT molecular complexity index is 1190. The summed E-state index contributed by atoms with van der Waals surface area (Å²) < 4.78 is 12.5. The van der Waals surface area contributed by atoms with Crippen molar-refractivity contribution in [3.8, 4) is 17.2 Å². The van der Waals surface area contributed by atoms with Gasteiger partial charge in [0, 0.05) is 55.6 Å². The summed E-state index contributed by atoms with van der Waals surface area (Å²) in [6.45, 7) is 3.56. The van der Waals surface area contributed by atoms with Crippen LogP contribution in [-0.2, 0) is 21.4 Å². The average Bonchev–Trinajstić information content (AvgIpc) is 3.71. The molecule has 2 heterocycles. The Morgan fingerprint density at radius 2 is 1.90 bits per heavy atom. The van der Waals surface area contributed by atoms with Gasteiger partial charge in [0.15, 0.2) is 11.5 Å². The van der Waals surface area contributed by atoms with Crippen molar-refractivity contribution >= 4 is 11.9 Å². The quantitative estimate of drug-likeness (QED) is 0.234. The van der Waals surface area contributed by atoms with Gasteiger partial charge in [0.2, 0.25) is 5.91 Å². The molecule has 6 aliphatic rings. The van der Waals surface area contributed by atoms with Gasteiger partial charge in [-0.05, 0) is 69.2 Å². The van der Waals surface area contributed by atoms with Gasteiger partial charge < -0.3 is 19.5 Å². The SMILES string of the molecule is CC(=O)Oc1cc(O)c2c3c1O[C@H]1[C@@H](N(C)C(=O)CCCCC4CCCCC4)CC[C@H]4[C@@H](C2)N(CC2CC2)CC[C@@]341. The molecule has 0 radical (unpaired) electrons. The summed E-state index contributed by atoms with van der Waals surface area (Å²) >= 11 is 0. The molecule has 0 unspecified atom stereocenters. The molecule has 2 bridgehead atoms. The molecule has 7 rings (SSSR count). The van der Waals surface area contributed by atoms with Crippen molar-refractivity contribution in [1.82, 2.24) is 9.80 Å². The van der Waals surface area contributed by atoms with Crippen LogP contribution in [-0.4, -0.2) is 65.1 Å². The molecule has 4 aliphatic carbocycles. The van der Waals surface area contributed by atoms with Gasteiger partial charge in [0.1, 0.15) is 11.9 Å². The first-order chi connectivity index (χ1) is 19.9. The molecule has 1 saturated heterocycles. The number of carbonyl (C=O) groups is 2. The molecule has 224 valence electrons. The number of likely N-dealkylation sites (tertiary alicyclic amines) is 1. The van der Waals surface area contributed by atoms with E-state index in [1.807, 2.05) is 11.9 Å². The molecule has 2 aliphatic heterocycles. The minimum Gasteiger partial charge on any atom is -0.508 e. The summed E-state index contributed by atoms with van der Waals surface area (Å²) in [4.78, 5) is 30.3. The molecule has 41 heavy (non-hydrogen) atoms. The Kier molecular flexibility index (Phi) is 7.24. The van der Waals surface area contributed by atoms with Gasteiger partial charge in [0.05, 0.1) is 6.04 Å². The maximum absolute atomic E-state index is 13.6. The molecule has 1 aromatic rings. The van der Waals surface area contributed by atoms with Crippen LogP contribution in [0.4, 0.5) is 0 Å². The smallest absolute Gasteiger partial charge is 0.308 e. The third kappa shape index (κ3) is 4.74. The van der Waals surface area contributed by atoms with E-state index in [-0.39, 0.29) is 29.2 Å². The first kappa shape index (κ1) is 27.5. The zero-order valence-corrected chi connectivity index (χ0v) is 25.0. The largest absolute Gasteiger partial charge is 0.508 e. The fourth-order valence-electron chi connectivity index (χ4n) is 9.68. The number of piperidine rings is 1. The minimum absolute atomic E-state index is 0.0293. The predicted octanol–water partition coefficient (Wildman–Crippen LogP) is 5.73. The van der Waals surface area contributed by atoms with E-state index >= 15 is 0 Å². The number of hydrogen-bond acceptors (Lipinski definition) is 6. The van der Waals surface area contributed by atoms with Crippen LogP contribution in [0, 0.1) is 17.8 Å². The summed E-state index contributed by atoms with van der Waals surface area (Å²) in [5.41, 5.74) is 1.78. The number of likely N-dealkylation sites (N-methyl/N-ethyl adjacent to an activating group) is 1. The number of carbonyl (C=O) groups excluding carboxylic acids is 2. The Hall–Kier alpha value is -2.28. The number of rotatable bonds is 9. The van der Waals surface area contributed by atoms with E-state index in [4.69, 9.17) is 9.47 Å². The summed E-state index contributed by atoms with van der Waals surface area (Å²) in [5, 5.41) is 11.3. The number of amides is 1. The van der Waals surface area contributed by atoms with E-state index in [1.165, 1.54) is 58.3 Å². The van der Waals surface area contributed by atoms with Gasteiger partial charge in [-0.15, -0.1) is 0 Å². The zero-order valence-electron chi connectivity index (χ0n) is 25.0. The monoisotopic (exact) mass is 564 g/mol. The standard InChI is InChI=1S/C34H48N2O5/c1-21(37)40-29-19-28(38)24-18-27-25-14-15-26(35(2)30(39)11-7-6-10-22-8-4-3-5-9-22)33-34(25,31(24)32(29)41-33)16-17-36(27)20-23-12-13-23/h19,22-23,25-27,33,38H,3-18,20H2,1-2H3/t25-,26-,27+,33-,34-/m0/s1. The maximum Gasteiger partial charge on any atom is 0.308 e. The second-order valence-electron chi connectivity index (χ2n) is 14.2. The van der Waals surface area contributed by atoms with Crippen molar-refractivity contribution < 1.29 is 24.2 Å². The number of nitrogens with zero attached hydrogens (tertiary/aromatic N) is 2. The van der Waals surface area contributed by atoms with Gasteiger partial charge in [-0.3, -0.25) is 14.5 Å². The number of phenols is 1. The van der Waals surface area contributed by atoms with Gasteiger partial charge in [-0.25, -0.2) is 0 Å². The van der Waals surface area contributed by atoms with Crippen LogP contribution < -0.4 is 9.47 Å². The number of hydrogen-bond donors (Lipinski definition) is 1. The highest BCUT2D eigenvalue weighted by Crippen LogP contribution is 2.65. The van der Waals surface area contributed by atoms with E-state index < -0.39 is 5.97 Å². The zero-order chi connectivity index (χ0) is 28.3. The highest BCUT2D eigenvalue weighted by atomic mass is 16.6. The molecule has 1 N–H and O–H groups in total. The number of esters is 1. The highest BCUT2D eigenvalue weighted by molar-refractivity contribution is 5.77. The molecule has 4 fully saturated rings. The molecule has 1 amide bonds. The fourth-order valence-corrected chi connectivity index (χ4v) is 9.68. The van der Waals surface area contributed by atoms with Crippen LogP contribution >= 0.6 is 0 Å². The van der Waals surface area contributed by atoms with Crippen molar-refractivity contribution in [2.75, 3.05) is 20.1 Å². The normalized spacial score (nSPS) is 32.2. The molecule has 0 aromatic heterocycles. The van der Waals surface area contributed by atoms with Crippen molar-refractivity contribution in [2.24, 2.45) is 17.8 Å². The maximum atomic E-state index is 13.6. The number of unbranched alkanes of at least 4 members (excludes halogenated alkanes) is 1. The molecule has 1 aromatic carbocycles. The van der Waals surface area contributed by atoms with Crippen LogP contribution in [0.15, 0.2) is 6.07 Å². The van der Waals surface area contributed by atoms with Crippen LogP contribution in [0.3, 0.4) is 0 Å². The lowest BCUT2D eigenvalue weighted by atomic mass is 9.50. The average molecular weight is 565 g/mol. The van der Waals surface area contributed by atoms with E-state index in [0.717, 1.165) is 74.6 Å². The van der Waals surface area contributed by atoms with Crippen LogP contribution in [0.2, 0.25) is 0 Å². The number of aromatic hydroxyl groups is 1. The number of ether oxygens (including phenoxy) is 2. The first-order valence-corrected chi connectivity index (χ1v) is 16.6. The van der Waals surface area contributed by atoms with Crippen molar-refractivity contribution in [1.29, 1.82) is 0 Å². The van der Waals surface area contributed by atoms with Crippen LogP contribution in [0.25, 0.3) is 0 Å². The van der Waals surface area contributed by atoms with Gasteiger partial charge in [-0.2, -0.15) is 0 Å². The number of phenolic OH excluding ortho intramolecular Hbond substituents is 1. The van der Waals surface area contributed by atoms with E-state index in [0.29, 0.717) is 29.9 Å². The summed E-state index contributed by atoms with van der Waals surface area (Å²) in [6, 6.07) is 1.93. The Morgan fingerprint density at radius 1 is 1.10 bits per heavy atom. The lowest BCUT2D eigenvalue weighted by Crippen LogP contribution is -2.69. The molecule has 7 nitrogen and oxygen atoms in total. The predicted molar refractivity (Wildman–Crippen MR) is 156 cm³/mol. The second-order valence-corrected chi connectivity index (χ2v) is 14.2. The topological polar surface area (TPSA) is 79.3 Å². The van der Waals surface area contributed by atoms with Crippen molar-refractivity contribution in [3.63, 3.8) is 0 Å². The summed E-state index contributed by atoms with van der Waals surface area (Å²) in [5.74, 6) is 3.06. The van der Waals surface area contributed by atoms with E-state index in [1.54, 1.807) is 6.07 Å². The van der Waals surface area contributed by atoms with Gasteiger partial charge in [-0.1, -0.05) is 44.9 Å². The highest BCUT2D eigenvalue weighted by Gasteiger charge is 2.67. The van der Waals surface area contributed by atoms with Crippen molar-refractivity contribution in [2.45, 2.75) is 127 Å². The molecule has 7 heteroatoms. The molecular weight excluding hydrogens is 516 g/mol. The third-order valence-corrected chi connectivity index (χ3v) is 11.8. The van der Waals surface area contributed by atoms with Gasteiger partial charge >= 0.3 is 5.97 Å². The Labute approximate surface area is 244 Å². The molecular formula is C34H48N2O5. The van der Waals surface area contributed by atoms with Crippen molar-refractivity contribution in [3.05, 3.63) is 17.2 Å². The minimum atomic E-state index is -0.418. The molecule has 1 spiro atoms. The fraction of sp³-hybridized carbons (Fsp3) is 0.765. The Balaban J connectivity index is 1.14. The molecule has 3 saturated carbocycles. The van der Waals surface area contributed by atoms with Gasteiger partial charge in [0.25, 0.3) is 0 Å². The van der Waals surface area contributed by atoms with E-state index in [2.05, 4.69) is 4.90 Å². The summed E-state index contributed by atoms with van der Waals surface area (Å²) in [6.07, 6.45) is 17.0. The second kappa shape index (κ2) is 10.8. The first-order valence-electron chi connectivity index (χ1n) is 16.6. The lowest BCUT2D eigenvalue weighted by molar-refractivity contribution is -0.140. The summed E-state index contributed by atoms with van der Waals surface area (Å²) in [7, 11) is 1.98. The number of benzene rings is 1. The van der Waals surface area contributed by atoms with Crippen LogP contribution in [0.5, 0.6) is 17.2 Å². The third-order valence-electron chi connectivity index (χ3n) is 11.8. The lowest BCUT2D eigenvalue weighted by Gasteiger charge is -2.60.